The molecule has 30 heavy (non-hydrogen) atoms. The van der Waals surface area contributed by atoms with E-state index in [0.717, 1.165) is 44.9 Å². The van der Waals surface area contributed by atoms with Crippen LogP contribution in [0, 0.1) is 0 Å². The highest BCUT2D eigenvalue weighted by Crippen LogP contribution is 2.18. The Morgan fingerprint density at radius 2 is 1.27 bits per heavy atom. The van der Waals surface area contributed by atoms with Gasteiger partial charge in [0.1, 0.15) is 11.9 Å². The zero-order valence-electron chi connectivity index (χ0n) is 17.6. The molecule has 0 aliphatic heterocycles. The van der Waals surface area contributed by atoms with Crippen molar-refractivity contribution in [3.8, 4) is 5.75 Å². The molecule has 2 atom stereocenters. The van der Waals surface area contributed by atoms with E-state index >= 15 is 0 Å². The van der Waals surface area contributed by atoms with Crippen LogP contribution in [-0.4, -0.2) is 40.1 Å². The number of aliphatic hydroxyl groups is 3. The summed E-state index contributed by atoms with van der Waals surface area (Å²) in [6, 6.07) is 15.6. The maximum atomic E-state index is 12.4. The number of aliphatic hydroxyl groups excluding tert-OH is 3. The molecule has 0 radical (unpaired) electrons. The zero-order valence-corrected chi connectivity index (χ0v) is 17.6. The van der Waals surface area contributed by atoms with Gasteiger partial charge in [-0.3, -0.25) is 4.79 Å². The van der Waals surface area contributed by atoms with E-state index in [1.54, 1.807) is 36.4 Å². The Kier molecular flexibility index (Phi) is 11.2. The molecular weight excluding hydrogens is 380 g/mol. The maximum Gasteiger partial charge on any atom is 0.223 e. The van der Waals surface area contributed by atoms with Gasteiger partial charge in [0.05, 0.1) is 0 Å². The number of carbonyl (C=O) groups excluding carboxylic acids is 1. The minimum Gasteiger partial charge on any atom is -0.462 e. The summed E-state index contributed by atoms with van der Waals surface area (Å²) in [6.45, 7) is 0.276. The third kappa shape index (κ3) is 8.66. The van der Waals surface area contributed by atoms with Crippen molar-refractivity contribution in [2.24, 2.45) is 0 Å². The molecule has 0 aromatic heterocycles. The first-order valence-corrected chi connectivity index (χ1v) is 11.0. The Morgan fingerprint density at radius 1 is 0.733 bits per heavy atom. The van der Waals surface area contributed by atoms with Crippen LogP contribution in [0.5, 0.6) is 5.75 Å². The highest BCUT2D eigenvalue weighted by atomic mass is 16.6. The Bertz CT molecular complexity index is 714. The number of hydrogen-bond acceptors (Lipinski definition) is 5. The van der Waals surface area contributed by atoms with Crippen molar-refractivity contribution < 1.29 is 24.9 Å². The molecule has 0 saturated carbocycles. The SMILES string of the molecule is O=C(c1ccccc1)c1ccc(OC(O)C(O)CCCCCCCCCCO)cc1. The largest absolute Gasteiger partial charge is 0.462 e. The second kappa shape index (κ2) is 13.9. The molecule has 2 aromatic carbocycles. The molecule has 2 rings (SSSR count). The van der Waals surface area contributed by atoms with Crippen molar-refractivity contribution in [3.63, 3.8) is 0 Å². The molecule has 0 bridgehead atoms. The van der Waals surface area contributed by atoms with Crippen LogP contribution in [0.15, 0.2) is 54.6 Å². The predicted octanol–water partition coefficient (Wildman–Crippen LogP) is 4.48. The van der Waals surface area contributed by atoms with E-state index in [0.29, 0.717) is 23.3 Å². The highest BCUT2D eigenvalue weighted by Gasteiger charge is 2.18. The van der Waals surface area contributed by atoms with Gasteiger partial charge in [-0.05, 0) is 37.1 Å². The highest BCUT2D eigenvalue weighted by molar-refractivity contribution is 6.08. The number of benzene rings is 2. The first-order valence-electron chi connectivity index (χ1n) is 11.0. The van der Waals surface area contributed by atoms with Crippen molar-refractivity contribution in [3.05, 3.63) is 65.7 Å². The van der Waals surface area contributed by atoms with Gasteiger partial charge < -0.3 is 20.1 Å². The maximum absolute atomic E-state index is 12.4. The Hall–Kier alpha value is -2.21. The van der Waals surface area contributed by atoms with Crippen LogP contribution in [0.2, 0.25) is 0 Å². The molecule has 0 saturated heterocycles. The van der Waals surface area contributed by atoms with Crippen molar-refractivity contribution >= 4 is 5.78 Å². The standard InChI is InChI=1S/C25H34O5/c26-19-11-6-4-2-1-3-5-10-14-23(27)25(29)30-22-17-15-21(16-18-22)24(28)20-12-8-7-9-13-20/h7-9,12-13,15-18,23,25-27,29H,1-6,10-11,14,19H2. The zero-order chi connectivity index (χ0) is 21.6. The van der Waals surface area contributed by atoms with Crippen LogP contribution in [-0.2, 0) is 0 Å². The van der Waals surface area contributed by atoms with Gasteiger partial charge in [-0.25, -0.2) is 0 Å². The Balaban J connectivity index is 1.66. The normalized spacial score (nSPS) is 13.0. The van der Waals surface area contributed by atoms with E-state index in [2.05, 4.69) is 0 Å². The minimum atomic E-state index is -1.29. The molecule has 0 amide bonds. The summed E-state index contributed by atoms with van der Waals surface area (Å²) >= 11 is 0. The molecule has 2 aromatic rings. The summed E-state index contributed by atoms with van der Waals surface area (Å²) in [5, 5.41) is 28.9. The van der Waals surface area contributed by atoms with Gasteiger partial charge in [0.25, 0.3) is 0 Å². The van der Waals surface area contributed by atoms with Crippen molar-refractivity contribution in [1.82, 2.24) is 0 Å². The minimum absolute atomic E-state index is 0.0730. The lowest BCUT2D eigenvalue weighted by Gasteiger charge is -2.19. The molecular formula is C25H34O5. The van der Waals surface area contributed by atoms with Crippen molar-refractivity contribution in [2.45, 2.75) is 70.2 Å². The smallest absolute Gasteiger partial charge is 0.223 e. The summed E-state index contributed by atoms with van der Waals surface area (Å²) in [4.78, 5) is 12.4. The van der Waals surface area contributed by atoms with Gasteiger partial charge in [-0.2, -0.15) is 0 Å². The monoisotopic (exact) mass is 414 g/mol. The fourth-order valence-corrected chi connectivity index (χ4v) is 3.33. The topological polar surface area (TPSA) is 87.0 Å². The molecule has 3 N–H and O–H groups in total. The molecule has 0 aliphatic carbocycles. The summed E-state index contributed by atoms with van der Waals surface area (Å²) < 4.78 is 5.42. The Labute approximate surface area is 179 Å². The number of unbranched alkanes of at least 4 members (excludes halogenated alkanes) is 7. The fraction of sp³-hybridized carbons (Fsp3) is 0.480. The molecule has 164 valence electrons. The third-order valence-corrected chi connectivity index (χ3v) is 5.15. The van der Waals surface area contributed by atoms with Gasteiger partial charge in [0.2, 0.25) is 6.29 Å². The molecule has 0 fully saturated rings. The van der Waals surface area contributed by atoms with Crippen molar-refractivity contribution in [1.29, 1.82) is 0 Å². The summed E-state index contributed by atoms with van der Waals surface area (Å²) in [7, 11) is 0. The van der Waals surface area contributed by atoms with E-state index < -0.39 is 12.4 Å². The number of ether oxygens (including phenoxy) is 1. The van der Waals surface area contributed by atoms with Crippen molar-refractivity contribution in [2.75, 3.05) is 6.61 Å². The number of ketones is 1. The first-order chi connectivity index (χ1) is 14.6. The number of carbonyl (C=O) groups is 1. The van der Waals surface area contributed by atoms with E-state index in [9.17, 15) is 15.0 Å². The van der Waals surface area contributed by atoms with Crippen LogP contribution in [0.25, 0.3) is 0 Å². The van der Waals surface area contributed by atoms with Crippen LogP contribution in [0.4, 0.5) is 0 Å². The van der Waals surface area contributed by atoms with E-state index in [-0.39, 0.29) is 12.4 Å². The molecule has 0 aliphatic rings. The molecule has 2 unspecified atom stereocenters. The first kappa shape index (κ1) is 24.1. The number of hydrogen-bond donors (Lipinski definition) is 3. The number of rotatable bonds is 15. The molecule has 5 heteroatoms. The lowest BCUT2D eigenvalue weighted by atomic mass is 10.0. The van der Waals surface area contributed by atoms with Gasteiger partial charge in [0, 0.05) is 17.7 Å². The second-order valence-electron chi connectivity index (χ2n) is 7.64. The molecule has 0 spiro atoms. The van der Waals surface area contributed by atoms with Crippen LogP contribution >= 0.6 is 0 Å². The lowest BCUT2D eigenvalue weighted by molar-refractivity contribution is -0.106. The summed E-state index contributed by atoms with van der Waals surface area (Å²) in [5.74, 6) is 0.338. The van der Waals surface area contributed by atoms with Crippen LogP contribution < -0.4 is 4.74 Å². The fourth-order valence-electron chi connectivity index (χ4n) is 3.33. The average Bonchev–Trinajstić information content (AvgIpc) is 2.78. The molecule has 0 heterocycles. The van der Waals surface area contributed by atoms with Gasteiger partial charge in [0.15, 0.2) is 5.78 Å². The van der Waals surface area contributed by atoms with Gasteiger partial charge >= 0.3 is 0 Å². The van der Waals surface area contributed by atoms with Gasteiger partial charge in [-0.1, -0.05) is 75.3 Å². The summed E-state index contributed by atoms with van der Waals surface area (Å²) in [5.41, 5.74) is 1.16. The lowest BCUT2D eigenvalue weighted by Crippen LogP contribution is -2.31. The predicted molar refractivity (Wildman–Crippen MR) is 118 cm³/mol. The Morgan fingerprint density at radius 3 is 1.87 bits per heavy atom. The average molecular weight is 415 g/mol. The quantitative estimate of drug-likeness (QED) is 0.227. The van der Waals surface area contributed by atoms with Gasteiger partial charge in [-0.15, -0.1) is 0 Å². The van der Waals surface area contributed by atoms with Crippen LogP contribution in [0.3, 0.4) is 0 Å². The van der Waals surface area contributed by atoms with Crippen LogP contribution in [0.1, 0.15) is 73.7 Å². The third-order valence-electron chi connectivity index (χ3n) is 5.15. The van der Waals surface area contributed by atoms with E-state index in [1.807, 2.05) is 18.2 Å². The second-order valence-corrected chi connectivity index (χ2v) is 7.64. The summed E-state index contributed by atoms with van der Waals surface area (Å²) in [6.07, 6.45) is 6.67. The molecule has 5 nitrogen and oxygen atoms in total. The van der Waals surface area contributed by atoms with E-state index in [4.69, 9.17) is 9.84 Å². The van der Waals surface area contributed by atoms with E-state index in [1.165, 1.54) is 6.42 Å².